The number of alkyl halides is 3. The van der Waals surface area contributed by atoms with Crippen LogP contribution in [0.15, 0.2) is 60.8 Å². The summed E-state index contributed by atoms with van der Waals surface area (Å²) < 4.78 is 58.2. The van der Waals surface area contributed by atoms with E-state index in [9.17, 15) is 22.4 Å². The molecule has 0 aliphatic heterocycles. The average molecular weight is 420 g/mol. The smallest absolute Gasteiger partial charge is 0.416 e. The Bertz CT molecular complexity index is 1050. The van der Waals surface area contributed by atoms with Gasteiger partial charge in [0.25, 0.3) is 5.91 Å². The molecule has 30 heavy (non-hydrogen) atoms. The van der Waals surface area contributed by atoms with Gasteiger partial charge in [-0.1, -0.05) is 18.2 Å². The highest BCUT2D eigenvalue weighted by atomic mass is 19.4. The summed E-state index contributed by atoms with van der Waals surface area (Å²) in [5, 5.41) is 11.3. The van der Waals surface area contributed by atoms with E-state index in [1.807, 2.05) is 0 Å². The number of benzene rings is 2. The number of ether oxygens (including phenoxy) is 1. The van der Waals surface area contributed by atoms with Crippen LogP contribution < -0.4 is 10.1 Å². The molecule has 2 aromatic carbocycles. The van der Waals surface area contributed by atoms with E-state index >= 15 is 0 Å². The molecule has 3 aromatic rings. The first kappa shape index (κ1) is 21.3. The zero-order valence-electron chi connectivity index (χ0n) is 15.4. The number of pyridine rings is 1. The Kier molecular flexibility index (Phi) is 6.31. The van der Waals surface area contributed by atoms with Crippen molar-refractivity contribution in [1.82, 2.24) is 10.3 Å². The van der Waals surface area contributed by atoms with Gasteiger partial charge in [-0.15, -0.1) is 0 Å². The number of aliphatic hydroxyl groups excluding tert-OH is 1. The monoisotopic (exact) mass is 420 g/mol. The molecule has 2 N–H and O–H groups in total. The van der Waals surface area contributed by atoms with Gasteiger partial charge in [-0.3, -0.25) is 4.79 Å². The van der Waals surface area contributed by atoms with Crippen LogP contribution in [-0.4, -0.2) is 29.1 Å². The number of hydrogen-bond donors (Lipinski definition) is 2. The first-order chi connectivity index (χ1) is 14.3. The van der Waals surface area contributed by atoms with Crippen LogP contribution in [0.25, 0.3) is 11.1 Å². The van der Waals surface area contributed by atoms with Gasteiger partial charge in [0.1, 0.15) is 11.6 Å². The molecule has 156 valence electrons. The van der Waals surface area contributed by atoms with E-state index in [0.29, 0.717) is 5.56 Å². The summed E-state index contributed by atoms with van der Waals surface area (Å²) >= 11 is 0. The molecule has 0 atom stereocenters. The molecular weight excluding hydrogens is 404 g/mol. The van der Waals surface area contributed by atoms with Crippen molar-refractivity contribution in [1.29, 1.82) is 0 Å². The van der Waals surface area contributed by atoms with E-state index in [1.54, 1.807) is 6.07 Å². The van der Waals surface area contributed by atoms with Gasteiger partial charge in [-0.25, -0.2) is 9.37 Å². The second-order valence-corrected chi connectivity index (χ2v) is 6.19. The second kappa shape index (κ2) is 8.91. The van der Waals surface area contributed by atoms with Crippen LogP contribution in [0.4, 0.5) is 17.6 Å². The van der Waals surface area contributed by atoms with Crippen molar-refractivity contribution in [2.24, 2.45) is 0 Å². The van der Waals surface area contributed by atoms with E-state index in [-0.39, 0.29) is 35.9 Å². The number of hydrogen-bond acceptors (Lipinski definition) is 4. The first-order valence-electron chi connectivity index (χ1n) is 8.78. The highest BCUT2D eigenvalue weighted by Gasteiger charge is 2.30. The van der Waals surface area contributed by atoms with E-state index in [0.717, 1.165) is 12.1 Å². The van der Waals surface area contributed by atoms with E-state index in [4.69, 9.17) is 9.84 Å². The van der Waals surface area contributed by atoms with Crippen molar-refractivity contribution < 1.29 is 32.2 Å². The van der Waals surface area contributed by atoms with Gasteiger partial charge >= 0.3 is 6.18 Å². The third-order valence-electron chi connectivity index (χ3n) is 4.02. The van der Waals surface area contributed by atoms with Gasteiger partial charge in [-0.05, 0) is 42.0 Å². The molecule has 0 saturated heterocycles. The number of carbonyl (C=O) groups excluding carboxylic acids is 1. The van der Waals surface area contributed by atoms with Crippen LogP contribution in [0, 0.1) is 5.82 Å². The van der Waals surface area contributed by atoms with Gasteiger partial charge in [0.15, 0.2) is 0 Å². The minimum Gasteiger partial charge on any atom is -0.438 e. The normalized spacial score (nSPS) is 11.2. The van der Waals surface area contributed by atoms with Gasteiger partial charge in [-0.2, -0.15) is 13.2 Å². The van der Waals surface area contributed by atoms with Crippen molar-refractivity contribution >= 4 is 5.91 Å². The highest BCUT2D eigenvalue weighted by molar-refractivity contribution is 5.95. The fourth-order valence-corrected chi connectivity index (χ4v) is 2.64. The molecule has 0 aliphatic carbocycles. The zero-order valence-corrected chi connectivity index (χ0v) is 15.4. The lowest BCUT2D eigenvalue weighted by Crippen LogP contribution is -2.26. The Balaban J connectivity index is 2.02. The molecule has 0 fully saturated rings. The maximum absolute atomic E-state index is 13.7. The van der Waals surface area contributed by atoms with Crippen molar-refractivity contribution in [2.75, 3.05) is 13.2 Å². The molecule has 5 nitrogen and oxygen atoms in total. The van der Waals surface area contributed by atoms with Crippen LogP contribution in [-0.2, 0) is 6.18 Å². The maximum Gasteiger partial charge on any atom is 0.416 e. The van der Waals surface area contributed by atoms with Crippen molar-refractivity contribution in [3.63, 3.8) is 0 Å². The molecule has 9 heteroatoms. The molecule has 0 spiro atoms. The maximum atomic E-state index is 13.7. The van der Waals surface area contributed by atoms with E-state index < -0.39 is 23.5 Å². The summed E-state index contributed by atoms with van der Waals surface area (Å²) in [5.74, 6) is -1.29. The third kappa shape index (κ3) is 5.12. The topological polar surface area (TPSA) is 71.5 Å². The molecule has 3 rings (SSSR count). The summed E-state index contributed by atoms with van der Waals surface area (Å²) in [7, 11) is 0. The molecular formula is C21H16F4N2O3. The Morgan fingerprint density at radius 3 is 2.57 bits per heavy atom. The number of nitrogens with zero attached hydrogens (tertiary/aromatic N) is 1. The van der Waals surface area contributed by atoms with Crippen LogP contribution in [0.1, 0.15) is 15.9 Å². The number of rotatable bonds is 6. The average Bonchev–Trinajstić information content (AvgIpc) is 2.72. The highest BCUT2D eigenvalue weighted by Crippen LogP contribution is 2.35. The van der Waals surface area contributed by atoms with Crippen LogP contribution in [0.5, 0.6) is 11.6 Å². The molecule has 1 heterocycles. The summed E-state index contributed by atoms with van der Waals surface area (Å²) in [5.41, 5.74) is -0.253. The number of aromatic nitrogens is 1. The van der Waals surface area contributed by atoms with E-state index in [2.05, 4.69) is 10.3 Å². The van der Waals surface area contributed by atoms with Crippen molar-refractivity contribution in [3.05, 3.63) is 77.7 Å². The fraction of sp³-hybridized carbons (Fsp3) is 0.143. The molecule has 0 aliphatic rings. The SMILES string of the molecule is O=C(NCCO)c1cnc(Oc2cccc(C(F)(F)F)c2)c(-c2cccc(F)c2)c1. The number of amides is 1. The number of nitrogens with one attached hydrogen (secondary N) is 1. The number of halogens is 4. The number of carbonyl (C=O) groups is 1. The van der Waals surface area contributed by atoms with E-state index in [1.165, 1.54) is 42.6 Å². The quantitative estimate of drug-likeness (QED) is 0.579. The number of aliphatic hydroxyl groups is 1. The van der Waals surface area contributed by atoms with Gasteiger partial charge < -0.3 is 15.2 Å². The minimum absolute atomic E-state index is 0.0244. The zero-order chi connectivity index (χ0) is 21.7. The Morgan fingerprint density at radius 1 is 1.10 bits per heavy atom. The molecule has 0 bridgehead atoms. The van der Waals surface area contributed by atoms with Gasteiger partial charge in [0.2, 0.25) is 5.88 Å². The summed E-state index contributed by atoms with van der Waals surface area (Å²) in [6.07, 6.45) is -3.37. The lowest BCUT2D eigenvalue weighted by Gasteiger charge is -2.14. The van der Waals surface area contributed by atoms with Gasteiger partial charge in [0, 0.05) is 18.3 Å². The molecule has 0 unspecified atom stereocenters. The second-order valence-electron chi connectivity index (χ2n) is 6.19. The Hall–Kier alpha value is -3.46. The van der Waals surface area contributed by atoms with Crippen molar-refractivity contribution in [3.8, 4) is 22.8 Å². The summed E-state index contributed by atoms with van der Waals surface area (Å²) in [4.78, 5) is 16.2. The van der Waals surface area contributed by atoms with Crippen molar-refractivity contribution in [2.45, 2.75) is 6.18 Å². The fourth-order valence-electron chi connectivity index (χ4n) is 2.64. The third-order valence-corrected chi connectivity index (χ3v) is 4.02. The Labute approximate surface area is 169 Å². The largest absolute Gasteiger partial charge is 0.438 e. The lowest BCUT2D eigenvalue weighted by molar-refractivity contribution is -0.137. The molecule has 0 radical (unpaired) electrons. The summed E-state index contributed by atoms with van der Waals surface area (Å²) in [6.45, 7) is -0.233. The predicted octanol–water partition coefficient (Wildman–Crippen LogP) is 4.42. The minimum atomic E-state index is -4.55. The lowest BCUT2D eigenvalue weighted by atomic mass is 10.0. The van der Waals surface area contributed by atoms with Gasteiger partial charge in [0.05, 0.1) is 17.7 Å². The molecule has 1 aromatic heterocycles. The first-order valence-corrected chi connectivity index (χ1v) is 8.78. The predicted molar refractivity (Wildman–Crippen MR) is 101 cm³/mol. The molecule has 1 amide bonds. The van der Waals surface area contributed by atoms with Crippen LogP contribution in [0.2, 0.25) is 0 Å². The Morgan fingerprint density at radius 2 is 1.87 bits per heavy atom. The standard InChI is InChI=1S/C21H16F4N2O3/c22-16-5-1-3-13(9-16)18-10-14(19(29)26-7-8-28)12-27-20(18)30-17-6-2-4-15(11-17)21(23,24)25/h1-6,9-12,28H,7-8H2,(H,26,29). The molecule has 0 saturated carbocycles. The van der Waals surface area contributed by atoms with Crippen LogP contribution in [0.3, 0.4) is 0 Å². The van der Waals surface area contributed by atoms with Crippen LogP contribution >= 0.6 is 0 Å². The summed E-state index contributed by atoms with van der Waals surface area (Å²) in [6, 6.07) is 11.0.